The number of benzene rings is 1. The van der Waals surface area contributed by atoms with Crippen LogP contribution in [0, 0.1) is 13.8 Å². The fraction of sp³-hybridized carbons (Fsp3) is 0.312. The molecule has 0 aliphatic carbocycles. The first-order chi connectivity index (χ1) is 11.5. The minimum absolute atomic E-state index is 0.145. The van der Waals surface area contributed by atoms with Crippen LogP contribution in [-0.2, 0) is 12.8 Å². The lowest BCUT2D eigenvalue weighted by atomic mass is 10.1. The largest absolute Gasteiger partial charge is 0.435 e. The zero-order valence-corrected chi connectivity index (χ0v) is 13.9. The monoisotopic (exact) mass is 351 g/mol. The second-order valence-corrected chi connectivity index (χ2v) is 6.39. The maximum Gasteiger partial charge on any atom is 0.387 e. The van der Waals surface area contributed by atoms with Crippen LogP contribution in [0.3, 0.4) is 0 Å². The van der Waals surface area contributed by atoms with Gasteiger partial charge < -0.3 is 9.26 Å². The maximum absolute atomic E-state index is 12.1. The molecular formula is C16H15F2N3O2S. The number of aromatic nitrogens is 3. The Morgan fingerprint density at radius 3 is 2.50 bits per heavy atom. The fourth-order valence-corrected chi connectivity index (χ4v) is 3.11. The normalized spacial score (nSPS) is 11.2. The van der Waals surface area contributed by atoms with Crippen molar-refractivity contribution < 1.29 is 18.0 Å². The zero-order valence-electron chi connectivity index (χ0n) is 13.1. The summed E-state index contributed by atoms with van der Waals surface area (Å²) < 4.78 is 33.8. The van der Waals surface area contributed by atoms with Gasteiger partial charge in [-0.2, -0.15) is 13.8 Å². The summed E-state index contributed by atoms with van der Waals surface area (Å²) in [6, 6.07) is 6.53. The number of rotatable bonds is 6. The van der Waals surface area contributed by atoms with Gasteiger partial charge in [0.05, 0.1) is 10.7 Å². The summed E-state index contributed by atoms with van der Waals surface area (Å²) in [6.45, 7) is 1.03. The Morgan fingerprint density at radius 2 is 1.88 bits per heavy atom. The Kier molecular flexibility index (Phi) is 4.84. The second kappa shape index (κ2) is 7.04. The number of hydrogen-bond acceptors (Lipinski definition) is 6. The summed E-state index contributed by atoms with van der Waals surface area (Å²) >= 11 is 1.52. The predicted molar refractivity (Wildman–Crippen MR) is 85.4 cm³/mol. The second-order valence-electron chi connectivity index (χ2n) is 5.19. The van der Waals surface area contributed by atoms with Crippen molar-refractivity contribution in [1.82, 2.24) is 15.1 Å². The van der Waals surface area contributed by atoms with Crippen molar-refractivity contribution >= 4 is 11.3 Å². The van der Waals surface area contributed by atoms with Crippen molar-refractivity contribution in [2.24, 2.45) is 0 Å². The van der Waals surface area contributed by atoms with Crippen molar-refractivity contribution in [3.8, 4) is 16.5 Å². The molecule has 0 aliphatic rings. The van der Waals surface area contributed by atoms with E-state index in [1.807, 2.05) is 13.8 Å². The Hall–Kier alpha value is -2.35. The van der Waals surface area contributed by atoms with Gasteiger partial charge in [-0.05, 0) is 38.0 Å². The molecule has 0 spiro atoms. The highest BCUT2D eigenvalue weighted by molar-refractivity contribution is 7.15. The standard InChI is InChI=1S/C16H15F2N3O2S/c1-9-14(24-10(2)19-9)15-20-13(21-23-15)8-5-11-3-6-12(7-4-11)22-16(17)18/h3-4,6-7,16H,5,8H2,1-2H3. The van der Waals surface area contributed by atoms with E-state index in [0.29, 0.717) is 24.6 Å². The number of halogens is 2. The Labute approximate surface area is 141 Å². The molecule has 0 atom stereocenters. The molecule has 0 aliphatic heterocycles. The topological polar surface area (TPSA) is 61.0 Å². The molecule has 0 N–H and O–H groups in total. The third kappa shape index (κ3) is 3.94. The van der Waals surface area contributed by atoms with Gasteiger partial charge in [-0.1, -0.05) is 17.3 Å². The predicted octanol–water partition coefficient (Wildman–Crippen LogP) is 4.20. The SMILES string of the molecule is Cc1nc(C)c(-c2nc(CCc3ccc(OC(F)F)cc3)no2)s1. The molecule has 8 heteroatoms. The lowest BCUT2D eigenvalue weighted by molar-refractivity contribution is -0.0498. The Balaban J connectivity index is 1.62. The highest BCUT2D eigenvalue weighted by Gasteiger charge is 2.15. The van der Waals surface area contributed by atoms with Gasteiger partial charge in [0.2, 0.25) is 0 Å². The summed E-state index contributed by atoms with van der Waals surface area (Å²) in [7, 11) is 0. The van der Waals surface area contributed by atoms with Gasteiger partial charge in [0.1, 0.15) is 10.6 Å². The maximum atomic E-state index is 12.1. The molecule has 24 heavy (non-hydrogen) atoms. The molecule has 0 radical (unpaired) electrons. The van der Waals surface area contributed by atoms with Gasteiger partial charge in [0.25, 0.3) is 5.89 Å². The molecule has 5 nitrogen and oxygen atoms in total. The van der Waals surface area contributed by atoms with Crippen LogP contribution in [0.5, 0.6) is 5.75 Å². The van der Waals surface area contributed by atoms with Crippen molar-refractivity contribution in [2.45, 2.75) is 33.3 Å². The Bertz CT molecular complexity index is 815. The van der Waals surface area contributed by atoms with E-state index in [4.69, 9.17) is 4.52 Å². The first-order valence-corrected chi connectivity index (χ1v) is 8.13. The summed E-state index contributed by atoms with van der Waals surface area (Å²) in [4.78, 5) is 9.63. The van der Waals surface area contributed by atoms with Gasteiger partial charge in [0, 0.05) is 6.42 Å². The molecule has 0 bridgehead atoms. The first-order valence-electron chi connectivity index (χ1n) is 7.32. The number of ether oxygens (including phenoxy) is 1. The number of hydrogen-bond donors (Lipinski definition) is 0. The quantitative estimate of drug-likeness (QED) is 0.666. The number of thiazole rings is 1. The van der Waals surface area contributed by atoms with Crippen LogP contribution in [0.1, 0.15) is 22.1 Å². The Morgan fingerprint density at radius 1 is 1.12 bits per heavy atom. The van der Waals surface area contributed by atoms with E-state index in [2.05, 4.69) is 19.9 Å². The molecule has 0 saturated carbocycles. The number of nitrogens with zero attached hydrogens (tertiary/aromatic N) is 3. The van der Waals surface area contributed by atoms with Crippen molar-refractivity contribution in [1.29, 1.82) is 0 Å². The van der Waals surface area contributed by atoms with Crippen LogP contribution in [0.25, 0.3) is 10.8 Å². The van der Waals surface area contributed by atoms with Crippen LogP contribution in [-0.4, -0.2) is 21.7 Å². The minimum Gasteiger partial charge on any atom is -0.435 e. The minimum atomic E-state index is -2.81. The van der Waals surface area contributed by atoms with E-state index < -0.39 is 6.61 Å². The third-order valence-corrected chi connectivity index (χ3v) is 4.41. The summed E-state index contributed by atoms with van der Waals surface area (Å²) in [5.41, 5.74) is 1.86. The van der Waals surface area contributed by atoms with Crippen LogP contribution >= 0.6 is 11.3 Å². The molecule has 0 fully saturated rings. The van der Waals surface area contributed by atoms with Crippen LogP contribution in [0.4, 0.5) is 8.78 Å². The molecule has 2 aromatic heterocycles. The molecule has 2 heterocycles. The number of alkyl halides is 2. The summed E-state index contributed by atoms with van der Waals surface area (Å²) in [6.07, 6.45) is 1.27. The van der Waals surface area contributed by atoms with Crippen LogP contribution in [0.2, 0.25) is 0 Å². The molecule has 0 amide bonds. The average Bonchev–Trinajstić information content (AvgIpc) is 3.12. The van der Waals surface area contributed by atoms with Gasteiger partial charge in [0.15, 0.2) is 5.82 Å². The van der Waals surface area contributed by atoms with E-state index in [1.54, 1.807) is 12.1 Å². The fourth-order valence-electron chi connectivity index (χ4n) is 2.27. The van der Waals surface area contributed by atoms with Crippen molar-refractivity contribution in [3.63, 3.8) is 0 Å². The summed E-state index contributed by atoms with van der Waals surface area (Å²) in [5, 5.41) is 4.94. The highest BCUT2D eigenvalue weighted by atomic mass is 32.1. The number of aryl methyl sites for hydroxylation is 4. The van der Waals surface area contributed by atoms with Crippen LogP contribution in [0.15, 0.2) is 28.8 Å². The van der Waals surface area contributed by atoms with E-state index in [1.165, 1.54) is 23.5 Å². The van der Waals surface area contributed by atoms with E-state index >= 15 is 0 Å². The third-order valence-electron chi connectivity index (χ3n) is 3.35. The molecule has 0 saturated heterocycles. The van der Waals surface area contributed by atoms with E-state index in [9.17, 15) is 8.78 Å². The van der Waals surface area contributed by atoms with Gasteiger partial charge >= 0.3 is 6.61 Å². The smallest absolute Gasteiger partial charge is 0.387 e. The van der Waals surface area contributed by atoms with Gasteiger partial charge in [-0.3, -0.25) is 0 Å². The zero-order chi connectivity index (χ0) is 17.1. The van der Waals surface area contributed by atoms with Crippen molar-refractivity contribution in [3.05, 3.63) is 46.4 Å². The molecule has 126 valence electrons. The molecule has 0 unspecified atom stereocenters. The van der Waals surface area contributed by atoms with E-state index in [-0.39, 0.29) is 5.75 Å². The summed E-state index contributed by atoms with van der Waals surface area (Å²) in [5.74, 6) is 1.23. The van der Waals surface area contributed by atoms with Gasteiger partial charge in [-0.25, -0.2) is 4.98 Å². The lowest BCUT2D eigenvalue weighted by Gasteiger charge is -2.05. The molecule has 3 rings (SSSR count). The molecule has 1 aromatic carbocycles. The van der Waals surface area contributed by atoms with Crippen molar-refractivity contribution in [2.75, 3.05) is 0 Å². The first kappa shape index (κ1) is 16.5. The molecular weight excluding hydrogens is 336 g/mol. The lowest BCUT2D eigenvalue weighted by Crippen LogP contribution is -2.01. The molecule has 3 aromatic rings. The van der Waals surface area contributed by atoms with Crippen LogP contribution < -0.4 is 4.74 Å². The van der Waals surface area contributed by atoms with Gasteiger partial charge in [-0.15, -0.1) is 11.3 Å². The highest BCUT2D eigenvalue weighted by Crippen LogP contribution is 2.28. The average molecular weight is 351 g/mol. The van der Waals surface area contributed by atoms with E-state index in [0.717, 1.165) is 21.1 Å².